The first kappa shape index (κ1) is 17.7. The van der Waals surface area contributed by atoms with Crippen LogP contribution in [0.5, 0.6) is 0 Å². The lowest BCUT2D eigenvalue weighted by Crippen LogP contribution is -2.45. The molecule has 0 heterocycles. The molecule has 0 bridgehead atoms. The minimum absolute atomic E-state index is 0.0129. The van der Waals surface area contributed by atoms with Crippen LogP contribution in [0.25, 0.3) is 0 Å². The van der Waals surface area contributed by atoms with Crippen LogP contribution in [-0.4, -0.2) is 30.0 Å². The molecule has 2 unspecified atom stereocenters. The molecule has 0 saturated heterocycles. The Morgan fingerprint density at radius 3 is 2.06 bits per heavy atom. The van der Waals surface area contributed by atoms with Crippen LogP contribution < -0.4 is 5.32 Å². The Hall–Kier alpha value is -0.290. The van der Waals surface area contributed by atoms with E-state index in [1.807, 2.05) is 6.92 Å². The summed E-state index contributed by atoms with van der Waals surface area (Å²) in [6, 6.07) is 0.145. The van der Waals surface area contributed by atoms with Crippen molar-refractivity contribution in [1.82, 2.24) is 5.32 Å². The average Bonchev–Trinajstić information content (AvgIpc) is 2.13. The molecule has 0 aliphatic carbocycles. The highest BCUT2D eigenvalue weighted by atomic mass is 19.4. The van der Waals surface area contributed by atoms with Gasteiger partial charge in [-0.2, -0.15) is 13.2 Å². The van der Waals surface area contributed by atoms with Gasteiger partial charge in [-0.25, -0.2) is 0 Å². The van der Waals surface area contributed by atoms with Gasteiger partial charge in [0.1, 0.15) is 0 Å². The summed E-state index contributed by atoms with van der Waals surface area (Å²) in [5.74, 6) is 0. The van der Waals surface area contributed by atoms with Gasteiger partial charge in [0.25, 0.3) is 0 Å². The molecule has 0 aromatic carbocycles. The highest BCUT2D eigenvalue weighted by Crippen LogP contribution is 2.24. The van der Waals surface area contributed by atoms with Gasteiger partial charge < -0.3 is 10.4 Å². The predicted octanol–water partition coefficient (Wildman–Crippen LogP) is 3.49. The maximum Gasteiger partial charge on any atom is 0.389 e. The van der Waals surface area contributed by atoms with Gasteiger partial charge in [-0.15, -0.1) is 0 Å². The summed E-state index contributed by atoms with van der Waals surface area (Å²) < 4.78 is 36.1. The smallest absolute Gasteiger partial charge is 0.389 e. The Balaban J connectivity index is 4.07. The van der Waals surface area contributed by atoms with Crippen molar-refractivity contribution in [3.63, 3.8) is 0 Å². The maximum absolute atomic E-state index is 12.0. The van der Waals surface area contributed by atoms with Crippen LogP contribution in [0.2, 0.25) is 0 Å². The molecule has 0 aromatic heterocycles. The number of hydrogen-bond acceptors (Lipinski definition) is 2. The SMILES string of the molecule is CC(CCCC(F)(F)F)NC(CCO)C(C)(C)C. The zero-order valence-corrected chi connectivity index (χ0v) is 11.8. The van der Waals surface area contributed by atoms with Crippen molar-refractivity contribution in [3.05, 3.63) is 0 Å². The lowest BCUT2D eigenvalue weighted by molar-refractivity contribution is -0.135. The lowest BCUT2D eigenvalue weighted by atomic mass is 9.84. The van der Waals surface area contributed by atoms with Crippen LogP contribution in [-0.2, 0) is 0 Å². The maximum atomic E-state index is 12.0. The normalized spacial score (nSPS) is 16.7. The fourth-order valence-electron chi connectivity index (χ4n) is 1.93. The van der Waals surface area contributed by atoms with Crippen molar-refractivity contribution in [3.8, 4) is 0 Å². The van der Waals surface area contributed by atoms with Gasteiger partial charge in [-0.1, -0.05) is 20.8 Å². The average molecular weight is 269 g/mol. The van der Waals surface area contributed by atoms with Gasteiger partial charge in [-0.3, -0.25) is 0 Å². The molecule has 5 heteroatoms. The summed E-state index contributed by atoms with van der Waals surface area (Å²) in [5, 5.41) is 12.3. The van der Waals surface area contributed by atoms with E-state index in [0.717, 1.165) is 0 Å². The molecule has 2 N–H and O–H groups in total. The number of hydrogen-bond donors (Lipinski definition) is 2. The minimum Gasteiger partial charge on any atom is -0.396 e. The second-order valence-corrected chi connectivity index (χ2v) is 6.01. The molecule has 110 valence electrons. The van der Waals surface area contributed by atoms with Crippen LogP contribution in [0.3, 0.4) is 0 Å². The molecule has 0 aromatic rings. The van der Waals surface area contributed by atoms with Crippen molar-refractivity contribution in [2.75, 3.05) is 6.61 Å². The lowest BCUT2D eigenvalue weighted by Gasteiger charge is -2.34. The second-order valence-electron chi connectivity index (χ2n) is 6.01. The molecule has 0 aliphatic rings. The largest absolute Gasteiger partial charge is 0.396 e. The Labute approximate surface area is 108 Å². The van der Waals surface area contributed by atoms with E-state index in [0.29, 0.717) is 12.8 Å². The van der Waals surface area contributed by atoms with Gasteiger partial charge in [-0.05, 0) is 31.6 Å². The molecule has 0 spiro atoms. The summed E-state index contributed by atoms with van der Waals surface area (Å²) >= 11 is 0. The highest BCUT2D eigenvalue weighted by molar-refractivity contribution is 4.82. The standard InChI is InChI=1S/C13H26F3NO/c1-10(6-5-8-13(14,15)16)17-11(7-9-18)12(2,3)4/h10-11,17-18H,5-9H2,1-4H3. The molecule has 18 heavy (non-hydrogen) atoms. The number of aliphatic hydroxyl groups excluding tert-OH is 1. The van der Waals surface area contributed by atoms with E-state index in [9.17, 15) is 13.2 Å². The molecular formula is C13H26F3NO. The Morgan fingerprint density at radius 2 is 1.67 bits per heavy atom. The van der Waals surface area contributed by atoms with E-state index in [-0.39, 0.29) is 30.5 Å². The first-order valence-electron chi connectivity index (χ1n) is 6.50. The van der Waals surface area contributed by atoms with E-state index in [1.165, 1.54) is 0 Å². The fourth-order valence-corrected chi connectivity index (χ4v) is 1.93. The zero-order valence-electron chi connectivity index (χ0n) is 11.8. The summed E-state index contributed by atoms with van der Waals surface area (Å²) in [6.07, 6.45) is -3.52. The van der Waals surface area contributed by atoms with Crippen LogP contribution >= 0.6 is 0 Å². The van der Waals surface area contributed by atoms with E-state index < -0.39 is 12.6 Å². The van der Waals surface area contributed by atoms with Gasteiger partial charge in [0.05, 0.1) is 0 Å². The minimum atomic E-state index is -4.06. The number of alkyl halides is 3. The summed E-state index contributed by atoms with van der Waals surface area (Å²) in [5.41, 5.74) is -0.0129. The number of halogens is 3. The number of nitrogens with one attached hydrogen (secondary N) is 1. The fraction of sp³-hybridized carbons (Fsp3) is 1.00. The van der Waals surface area contributed by atoms with Crippen LogP contribution in [0, 0.1) is 5.41 Å². The van der Waals surface area contributed by atoms with Gasteiger partial charge in [0.15, 0.2) is 0 Å². The van der Waals surface area contributed by atoms with Crippen molar-refractivity contribution in [2.45, 2.75) is 71.6 Å². The molecule has 0 saturated carbocycles. The first-order valence-corrected chi connectivity index (χ1v) is 6.50. The van der Waals surface area contributed by atoms with E-state index in [1.54, 1.807) is 0 Å². The third-order valence-corrected chi connectivity index (χ3v) is 3.05. The summed E-state index contributed by atoms with van der Waals surface area (Å²) in [4.78, 5) is 0. The molecule has 0 radical (unpaired) electrons. The number of rotatable bonds is 7. The molecule has 0 aliphatic heterocycles. The van der Waals surface area contributed by atoms with Gasteiger partial charge >= 0.3 is 6.18 Å². The zero-order chi connectivity index (χ0) is 14.4. The van der Waals surface area contributed by atoms with Crippen LogP contribution in [0.1, 0.15) is 53.4 Å². The predicted molar refractivity (Wildman–Crippen MR) is 67.4 cm³/mol. The molecule has 2 atom stereocenters. The monoisotopic (exact) mass is 269 g/mol. The molecule has 0 fully saturated rings. The topological polar surface area (TPSA) is 32.3 Å². The summed E-state index contributed by atoms with van der Waals surface area (Å²) in [6.45, 7) is 8.16. The van der Waals surface area contributed by atoms with E-state index in [4.69, 9.17) is 5.11 Å². The third kappa shape index (κ3) is 8.75. The van der Waals surface area contributed by atoms with Gasteiger partial charge in [0, 0.05) is 25.1 Å². The van der Waals surface area contributed by atoms with Crippen LogP contribution in [0.15, 0.2) is 0 Å². The van der Waals surface area contributed by atoms with Crippen molar-refractivity contribution in [1.29, 1.82) is 0 Å². The van der Waals surface area contributed by atoms with Gasteiger partial charge in [0.2, 0.25) is 0 Å². The molecule has 2 nitrogen and oxygen atoms in total. The highest BCUT2D eigenvalue weighted by Gasteiger charge is 2.28. The van der Waals surface area contributed by atoms with Crippen molar-refractivity contribution < 1.29 is 18.3 Å². The summed E-state index contributed by atoms with van der Waals surface area (Å²) in [7, 11) is 0. The van der Waals surface area contributed by atoms with Crippen molar-refractivity contribution >= 4 is 0 Å². The Bertz CT molecular complexity index is 223. The number of aliphatic hydroxyl groups is 1. The van der Waals surface area contributed by atoms with Crippen molar-refractivity contribution in [2.24, 2.45) is 5.41 Å². The second kappa shape index (κ2) is 7.34. The Kier molecular flexibility index (Phi) is 7.22. The quantitative estimate of drug-likeness (QED) is 0.741. The van der Waals surface area contributed by atoms with E-state index >= 15 is 0 Å². The first-order chi connectivity index (χ1) is 8.06. The Morgan fingerprint density at radius 1 is 1.11 bits per heavy atom. The molecule has 0 rings (SSSR count). The molecule has 0 amide bonds. The third-order valence-electron chi connectivity index (χ3n) is 3.05. The molecular weight excluding hydrogens is 243 g/mol. The van der Waals surface area contributed by atoms with Crippen LogP contribution in [0.4, 0.5) is 13.2 Å². The van der Waals surface area contributed by atoms with E-state index in [2.05, 4.69) is 26.1 Å².